The molecule has 0 radical (unpaired) electrons. The molecular formula is C20H20BrN3O3. The van der Waals surface area contributed by atoms with E-state index < -0.39 is 6.10 Å². The third kappa shape index (κ3) is 4.89. The monoisotopic (exact) mass is 429 g/mol. The molecule has 7 heteroatoms. The van der Waals surface area contributed by atoms with Crippen LogP contribution < -0.4 is 14.8 Å². The Hall–Kier alpha value is -2.80. The topological polar surface area (TPSA) is 65.4 Å². The van der Waals surface area contributed by atoms with Gasteiger partial charge in [-0.15, -0.1) is 5.10 Å². The molecule has 6 nitrogen and oxygen atoms in total. The lowest BCUT2D eigenvalue weighted by atomic mass is 10.2. The van der Waals surface area contributed by atoms with Crippen molar-refractivity contribution >= 4 is 21.8 Å². The average molecular weight is 430 g/mol. The van der Waals surface area contributed by atoms with E-state index in [2.05, 4.69) is 26.3 Å². The average Bonchev–Trinajstić information content (AvgIpc) is 3.07. The van der Waals surface area contributed by atoms with E-state index in [1.807, 2.05) is 54.6 Å². The van der Waals surface area contributed by atoms with Gasteiger partial charge in [0.1, 0.15) is 5.75 Å². The van der Waals surface area contributed by atoms with E-state index >= 15 is 0 Å². The van der Waals surface area contributed by atoms with E-state index in [0.717, 1.165) is 17.0 Å². The van der Waals surface area contributed by atoms with Crippen LogP contribution in [0.15, 0.2) is 65.3 Å². The molecule has 1 N–H and O–H groups in total. The summed E-state index contributed by atoms with van der Waals surface area (Å²) in [5, 5.41) is 7.25. The number of carbonyl (C=O) groups is 1. The summed E-state index contributed by atoms with van der Waals surface area (Å²) in [7, 11) is 1.62. The molecule has 1 aromatic heterocycles. The Morgan fingerprint density at radius 2 is 1.89 bits per heavy atom. The number of rotatable bonds is 7. The smallest absolute Gasteiger partial charge is 0.261 e. The van der Waals surface area contributed by atoms with Crippen molar-refractivity contribution in [3.05, 3.63) is 70.8 Å². The van der Waals surface area contributed by atoms with Crippen LogP contribution in [-0.2, 0) is 11.3 Å². The number of nitrogens with one attached hydrogen (secondary N) is 1. The Kier molecular flexibility index (Phi) is 6.13. The molecule has 2 aromatic carbocycles. The molecule has 0 aliphatic carbocycles. The van der Waals surface area contributed by atoms with Crippen molar-refractivity contribution in [3.8, 4) is 17.3 Å². The van der Waals surface area contributed by atoms with Crippen molar-refractivity contribution in [2.24, 2.45) is 0 Å². The second kappa shape index (κ2) is 8.73. The number of methoxy groups -OCH3 is 1. The van der Waals surface area contributed by atoms with Gasteiger partial charge in [-0.1, -0.05) is 30.3 Å². The SMILES string of the molecule is COc1ccc(CNC(=O)[C@@H](C)Oc2nn(-c3ccccc3)cc2Br)cc1. The number of amides is 1. The van der Waals surface area contributed by atoms with Gasteiger partial charge in [-0.25, -0.2) is 4.68 Å². The number of hydrogen-bond acceptors (Lipinski definition) is 4. The van der Waals surface area contributed by atoms with E-state index in [-0.39, 0.29) is 5.91 Å². The van der Waals surface area contributed by atoms with Crippen LogP contribution in [-0.4, -0.2) is 28.9 Å². The molecule has 0 bridgehead atoms. The van der Waals surface area contributed by atoms with Gasteiger partial charge in [-0.05, 0) is 52.7 Å². The minimum atomic E-state index is -0.682. The van der Waals surface area contributed by atoms with E-state index in [1.165, 1.54) is 0 Å². The van der Waals surface area contributed by atoms with E-state index in [4.69, 9.17) is 9.47 Å². The van der Waals surface area contributed by atoms with Gasteiger partial charge in [0.05, 0.1) is 17.3 Å². The molecule has 0 unspecified atom stereocenters. The molecule has 0 aliphatic rings. The fourth-order valence-corrected chi connectivity index (χ4v) is 2.79. The van der Waals surface area contributed by atoms with Gasteiger partial charge in [0.15, 0.2) is 6.10 Å². The Morgan fingerprint density at radius 3 is 2.56 bits per heavy atom. The zero-order valence-electron chi connectivity index (χ0n) is 15.1. The molecule has 1 atom stereocenters. The fourth-order valence-electron chi connectivity index (χ4n) is 2.43. The second-order valence-corrected chi connectivity index (χ2v) is 6.74. The van der Waals surface area contributed by atoms with Crippen molar-refractivity contribution < 1.29 is 14.3 Å². The molecule has 0 aliphatic heterocycles. The highest BCUT2D eigenvalue weighted by atomic mass is 79.9. The van der Waals surface area contributed by atoms with Crippen LogP contribution in [0.2, 0.25) is 0 Å². The maximum absolute atomic E-state index is 12.3. The second-order valence-electron chi connectivity index (χ2n) is 5.89. The lowest BCUT2D eigenvalue weighted by Crippen LogP contribution is -2.36. The molecule has 0 spiro atoms. The number of nitrogens with zero attached hydrogens (tertiary/aromatic N) is 2. The number of para-hydroxylation sites is 1. The molecule has 0 fully saturated rings. The summed E-state index contributed by atoms with van der Waals surface area (Å²) < 4.78 is 13.2. The Balaban J connectivity index is 1.58. The summed E-state index contributed by atoms with van der Waals surface area (Å²) in [6.07, 6.45) is 1.12. The first-order valence-electron chi connectivity index (χ1n) is 8.44. The Labute approximate surface area is 166 Å². The normalized spacial score (nSPS) is 11.7. The number of ether oxygens (including phenoxy) is 2. The summed E-state index contributed by atoms with van der Waals surface area (Å²) in [5.74, 6) is 0.929. The van der Waals surface area contributed by atoms with Gasteiger partial charge in [0, 0.05) is 12.7 Å². The van der Waals surface area contributed by atoms with Crippen LogP contribution in [0.25, 0.3) is 5.69 Å². The number of carbonyl (C=O) groups excluding carboxylic acids is 1. The maximum atomic E-state index is 12.3. The zero-order chi connectivity index (χ0) is 19.2. The van der Waals surface area contributed by atoms with Gasteiger partial charge in [-0.3, -0.25) is 4.79 Å². The number of aromatic nitrogens is 2. The lowest BCUT2D eigenvalue weighted by Gasteiger charge is -2.13. The third-order valence-corrected chi connectivity index (χ3v) is 4.49. The maximum Gasteiger partial charge on any atom is 0.261 e. The van der Waals surface area contributed by atoms with Crippen LogP contribution in [0.3, 0.4) is 0 Å². The van der Waals surface area contributed by atoms with Gasteiger partial charge < -0.3 is 14.8 Å². The number of halogens is 1. The minimum Gasteiger partial charge on any atom is -0.497 e. The number of benzene rings is 2. The van der Waals surface area contributed by atoms with E-state index in [0.29, 0.717) is 16.9 Å². The molecule has 3 rings (SSSR count). The molecule has 1 amide bonds. The van der Waals surface area contributed by atoms with Crippen molar-refractivity contribution in [1.29, 1.82) is 0 Å². The van der Waals surface area contributed by atoms with Crippen LogP contribution in [0.1, 0.15) is 12.5 Å². The summed E-state index contributed by atoms with van der Waals surface area (Å²) in [4.78, 5) is 12.3. The standard InChI is InChI=1S/C20H20BrN3O3/c1-14(19(25)22-12-15-8-10-17(26-2)11-9-15)27-20-18(21)13-24(23-20)16-6-4-3-5-7-16/h3-11,13-14H,12H2,1-2H3,(H,22,25)/t14-/m1/s1. The van der Waals surface area contributed by atoms with Crippen LogP contribution >= 0.6 is 15.9 Å². The lowest BCUT2D eigenvalue weighted by molar-refractivity contribution is -0.127. The van der Waals surface area contributed by atoms with Crippen LogP contribution in [0, 0.1) is 0 Å². The predicted octanol–water partition coefficient (Wildman–Crippen LogP) is 3.73. The van der Waals surface area contributed by atoms with Crippen LogP contribution in [0.4, 0.5) is 0 Å². The molecule has 0 saturated carbocycles. The number of hydrogen-bond donors (Lipinski definition) is 1. The summed E-state index contributed by atoms with van der Waals surface area (Å²) in [5.41, 5.74) is 1.88. The minimum absolute atomic E-state index is 0.216. The van der Waals surface area contributed by atoms with Gasteiger partial charge in [-0.2, -0.15) is 0 Å². The highest BCUT2D eigenvalue weighted by Crippen LogP contribution is 2.25. The first kappa shape index (κ1) is 19.0. The van der Waals surface area contributed by atoms with Crippen LogP contribution in [0.5, 0.6) is 11.6 Å². The van der Waals surface area contributed by atoms with Crippen molar-refractivity contribution in [3.63, 3.8) is 0 Å². The molecule has 3 aromatic rings. The molecular weight excluding hydrogens is 410 g/mol. The quantitative estimate of drug-likeness (QED) is 0.621. The van der Waals surface area contributed by atoms with Gasteiger partial charge >= 0.3 is 0 Å². The summed E-state index contributed by atoms with van der Waals surface area (Å²) >= 11 is 3.43. The first-order valence-corrected chi connectivity index (χ1v) is 9.24. The Bertz CT molecular complexity index is 895. The molecule has 140 valence electrons. The summed E-state index contributed by atoms with van der Waals surface area (Å²) in [6, 6.07) is 17.2. The van der Waals surface area contributed by atoms with Crippen molar-refractivity contribution in [2.45, 2.75) is 19.6 Å². The van der Waals surface area contributed by atoms with E-state index in [9.17, 15) is 4.79 Å². The highest BCUT2D eigenvalue weighted by molar-refractivity contribution is 9.10. The molecule has 27 heavy (non-hydrogen) atoms. The van der Waals surface area contributed by atoms with Crippen molar-refractivity contribution in [1.82, 2.24) is 15.1 Å². The highest BCUT2D eigenvalue weighted by Gasteiger charge is 2.18. The predicted molar refractivity (Wildman–Crippen MR) is 106 cm³/mol. The summed E-state index contributed by atoms with van der Waals surface area (Å²) in [6.45, 7) is 2.10. The van der Waals surface area contributed by atoms with Crippen molar-refractivity contribution in [2.75, 3.05) is 7.11 Å². The Morgan fingerprint density at radius 1 is 1.19 bits per heavy atom. The first-order chi connectivity index (χ1) is 13.1. The van der Waals surface area contributed by atoms with Gasteiger partial charge in [0.25, 0.3) is 5.91 Å². The van der Waals surface area contributed by atoms with E-state index in [1.54, 1.807) is 24.9 Å². The zero-order valence-corrected chi connectivity index (χ0v) is 16.6. The largest absolute Gasteiger partial charge is 0.497 e. The molecule has 1 heterocycles. The third-order valence-electron chi connectivity index (χ3n) is 3.94. The molecule has 0 saturated heterocycles. The fraction of sp³-hybridized carbons (Fsp3) is 0.200. The van der Waals surface area contributed by atoms with Gasteiger partial charge in [0.2, 0.25) is 5.88 Å².